The number of imide groups is 1. The largest absolute Gasteiger partial charge is 0.452 e. The Labute approximate surface area is 184 Å². The SMILES string of the molecule is CCCCN1C(=O)c2ccc(C(=O)OCC(=O)Nc3ccc(NC(C)=O)cc3)cc2C1=O. The summed E-state index contributed by atoms with van der Waals surface area (Å²) < 4.78 is 5.03. The molecular formula is C23H23N3O6. The van der Waals surface area contributed by atoms with Gasteiger partial charge in [0.05, 0.1) is 16.7 Å². The summed E-state index contributed by atoms with van der Waals surface area (Å²) in [7, 11) is 0. The van der Waals surface area contributed by atoms with Crippen molar-refractivity contribution in [2.24, 2.45) is 0 Å². The van der Waals surface area contributed by atoms with Gasteiger partial charge in [-0.3, -0.25) is 24.1 Å². The van der Waals surface area contributed by atoms with Gasteiger partial charge in [0, 0.05) is 24.8 Å². The second kappa shape index (κ2) is 9.86. The van der Waals surface area contributed by atoms with Crippen molar-refractivity contribution in [3.63, 3.8) is 0 Å². The number of nitrogens with one attached hydrogen (secondary N) is 2. The first kappa shape index (κ1) is 22.7. The van der Waals surface area contributed by atoms with E-state index in [1.165, 1.54) is 30.0 Å². The maximum atomic E-state index is 12.5. The summed E-state index contributed by atoms with van der Waals surface area (Å²) in [5, 5.41) is 5.19. The number of hydrogen-bond acceptors (Lipinski definition) is 6. The summed E-state index contributed by atoms with van der Waals surface area (Å²) in [5.74, 6) is -2.35. The lowest BCUT2D eigenvalue weighted by Gasteiger charge is -2.12. The summed E-state index contributed by atoms with van der Waals surface area (Å²) in [6.45, 7) is 3.15. The molecule has 2 N–H and O–H groups in total. The molecule has 1 aliphatic heterocycles. The van der Waals surface area contributed by atoms with Gasteiger partial charge < -0.3 is 15.4 Å². The van der Waals surface area contributed by atoms with Gasteiger partial charge in [-0.1, -0.05) is 13.3 Å². The van der Waals surface area contributed by atoms with E-state index >= 15 is 0 Å². The summed E-state index contributed by atoms with van der Waals surface area (Å²) in [6, 6.07) is 10.6. The maximum Gasteiger partial charge on any atom is 0.338 e. The Morgan fingerprint density at radius 3 is 2.16 bits per heavy atom. The summed E-state index contributed by atoms with van der Waals surface area (Å²) >= 11 is 0. The molecule has 3 rings (SSSR count). The minimum Gasteiger partial charge on any atom is -0.452 e. The summed E-state index contributed by atoms with van der Waals surface area (Å²) in [6.07, 6.45) is 1.54. The fourth-order valence-corrected chi connectivity index (χ4v) is 3.19. The average molecular weight is 437 g/mol. The van der Waals surface area contributed by atoms with Crippen molar-refractivity contribution in [3.8, 4) is 0 Å². The topological polar surface area (TPSA) is 122 Å². The highest BCUT2D eigenvalue weighted by atomic mass is 16.5. The molecule has 32 heavy (non-hydrogen) atoms. The van der Waals surface area contributed by atoms with Crippen molar-refractivity contribution in [1.29, 1.82) is 0 Å². The number of benzene rings is 2. The lowest BCUT2D eigenvalue weighted by molar-refractivity contribution is -0.119. The van der Waals surface area contributed by atoms with Crippen LogP contribution in [0.2, 0.25) is 0 Å². The van der Waals surface area contributed by atoms with Gasteiger partial charge >= 0.3 is 5.97 Å². The van der Waals surface area contributed by atoms with Gasteiger partial charge in [0.2, 0.25) is 5.91 Å². The molecule has 0 radical (unpaired) electrons. The Morgan fingerprint density at radius 1 is 0.906 bits per heavy atom. The standard InChI is InChI=1S/C23H23N3O6/c1-3-4-11-26-21(29)18-10-5-15(12-19(18)22(26)30)23(31)32-13-20(28)25-17-8-6-16(7-9-17)24-14(2)27/h5-10,12H,3-4,11,13H2,1-2H3,(H,24,27)(H,25,28). The van der Waals surface area contributed by atoms with Gasteiger partial charge in [-0.25, -0.2) is 4.79 Å². The Morgan fingerprint density at radius 2 is 1.53 bits per heavy atom. The molecule has 0 aliphatic carbocycles. The van der Waals surface area contributed by atoms with Gasteiger partial charge in [0.25, 0.3) is 17.7 Å². The number of esters is 1. The Bertz CT molecular complexity index is 1080. The number of ether oxygens (including phenoxy) is 1. The molecule has 0 saturated heterocycles. The third-order valence-electron chi connectivity index (χ3n) is 4.77. The number of anilines is 2. The number of nitrogens with zero attached hydrogens (tertiary/aromatic N) is 1. The molecule has 0 bridgehead atoms. The van der Waals surface area contributed by atoms with Crippen LogP contribution in [0, 0.1) is 0 Å². The minimum atomic E-state index is -0.781. The van der Waals surface area contributed by atoms with E-state index in [9.17, 15) is 24.0 Å². The first-order valence-corrected chi connectivity index (χ1v) is 10.1. The molecule has 1 aliphatic rings. The smallest absolute Gasteiger partial charge is 0.338 e. The van der Waals surface area contributed by atoms with Gasteiger partial charge in [-0.15, -0.1) is 0 Å². The highest BCUT2D eigenvalue weighted by molar-refractivity contribution is 6.22. The fourth-order valence-electron chi connectivity index (χ4n) is 3.19. The molecule has 0 spiro atoms. The van der Waals surface area contributed by atoms with Crippen molar-refractivity contribution in [2.75, 3.05) is 23.8 Å². The molecule has 1 heterocycles. The zero-order chi connectivity index (χ0) is 23.3. The van der Waals surface area contributed by atoms with Crippen molar-refractivity contribution in [3.05, 3.63) is 59.2 Å². The van der Waals surface area contributed by atoms with E-state index in [0.29, 0.717) is 24.3 Å². The Kier molecular flexibility index (Phi) is 6.99. The summed E-state index contributed by atoms with van der Waals surface area (Å²) in [4.78, 5) is 61.5. The first-order valence-electron chi connectivity index (χ1n) is 10.1. The predicted octanol–water partition coefficient (Wildman–Crippen LogP) is 2.84. The van der Waals surface area contributed by atoms with E-state index in [0.717, 1.165) is 6.42 Å². The van der Waals surface area contributed by atoms with Crippen molar-refractivity contribution >= 4 is 41.0 Å². The first-order chi connectivity index (χ1) is 15.3. The number of unbranched alkanes of at least 4 members (excludes halogenated alkanes) is 1. The quantitative estimate of drug-likeness (QED) is 0.484. The van der Waals surface area contributed by atoms with E-state index < -0.39 is 24.4 Å². The molecular weight excluding hydrogens is 414 g/mol. The number of carbonyl (C=O) groups is 5. The zero-order valence-electron chi connectivity index (χ0n) is 17.8. The molecule has 9 nitrogen and oxygen atoms in total. The lowest BCUT2D eigenvalue weighted by Crippen LogP contribution is -2.30. The van der Waals surface area contributed by atoms with Gasteiger partial charge in [-0.05, 0) is 48.9 Å². The van der Waals surface area contributed by atoms with Crippen molar-refractivity contribution < 1.29 is 28.7 Å². The predicted molar refractivity (Wildman–Crippen MR) is 116 cm³/mol. The van der Waals surface area contributed by atoms with Crippen LogP contribution < -0.4 is 10.6 Å². The van der Waals surface area contributed by atoms with Crippen LogP contribution in [0.5, 0.6) is 0 Å². The third-order valence-corrected chi connectivity index (χ3v) is 4.77. The number of rotatable bonds is 8. The van der Waals surface area contributed by atoms with Crippen LogP contribution in [0.3, 0.4) is 0 Å². The zero-order valence-corrected chi connectivity index (χ0v) is 17.8. The van der Waals surface area contributed by atoms with Crippen LogP contribution in [-0.2, 0) is 14.3 Å². The third kappa shape index (κ3) is 5.18. The van der Waals surface area contributed by atoms with Gasteiger partial charge in [0.1, 0.15) is 0 Å². The molecule has 0 saturated carbocycles. The van der Waals surface area contributed by atoms with Gasteiger partial charge in [-0.2, -0.15) is 0 Å². The van der Waals surface area contributed by atoms with Crippen LogP contribution >= 0.6 is 0 Å². The highest BCUT2D eigenvalue weighted by Gasteiger charge is 2.35. The lowest BCUT2D eigenvalue weighted by atomic mass is 10.1. The molecule has 0 fully saturated rings. The monoisotopic (exact) mass is 437 g/mol. The number of hydrogen-bond donors (Lipinski definition) is 2. The van der Waals surface area contributed by atoms with E-state index in [4.69, 9.17) is 4.74 Å². The Hall–Kier alpha value is -4.01. The number of fused-ring (bicyclic) bond motifs is 1. The molecule has 0 aromatic heterocycles. The van der Waals surface area contributed by atoms with Crippen molar-refractivity contribution in [1.82, 2.24) is 4.90 Å². The second-order valence-electron chi connectivity index (χ2n) is 7.26. The van der Waals surface area contributed by atoms with E-state index in [2.05, 4.69) is 10.6 Å². The number of carbonyl (C=O) groups excluding carboxylic acids is 5. The van der Waals surface area contributed by atoms with Crippen LogP contribution in [0.1, 0.15) is 57.8 Å². The van der Waals surface area contributed by atoms with Crippen LogP contribution in [0.25, 0.3) is 0 Å². The summed E-state index contributed by atoms with van der Waals surface area (Å²) in [5.41, 5.74) is 1.54. The normalized spacial score (nSPS) is 12.4. The second-order valence-corrected chi connectivity index (χ2v) is 7.26. The van der Waals surface area contributed by atoms with Crippen LogP contribution in [0.15, 0.2) is 42.5 Å². The molecule has 0 unspecified atom stereocenters. The molecule has 4 amide bonds. The molecule has 2 aromatic carbocycles. The van der Waals surface area contributed by atoms with E-state index in [1.807, 2.05) is 6.92 Å². The van der Waals surface area contributed by atoms with E-state index in [-0.39, 0.29) is 28.5 Å². The van der Waals surface area contributed by atoms with E-state index in [1.54, 1.807) is 24.3 Å². The van der Waals surface area contributed by atoms with Gasteiger partial charge in [0.15, 0.2) is 6.61 Å². The molecule has 9 heteroatoms. The number of amides is 4. The molecule has 166 valence electrons. The maximum absolute atomic E-state index is 12.5. The average Bonchev–Trinajstić information content (AvgIpc) is 3.01. The molecule has 2 aromatic rings. The van der Waals surface area contributed by atoms with Crippen molar-refractivity contribution in [2.45, 2.75) is 26.7 Å². The Balaban J connectivity index is 1.57. The minimum absolute atomic E-state index is 0.0784. The highest BCUT2D eigenvalue weighted by Crippen LogP contribution is 2.24. The van der Waals surface area contributed by atoms with Crippen LogP contribution in [0.4, 0.5) is 11.4 Å². The van der Waals surface area contributed by atoms with Crippen LogP contribution in [-0.4, -0.2) is 47.6 Å². The molecule has 0 atom stereocenters. The fraction of sp³-hybridized carbons (Fsp3) is 0.261.